The van der Waals surface area contributed by atoms with Gasteiger partial charge in [-0.1, -0.05) is 22.0 Å². The van der Waals surface area contributed by atoms with E-state index >= 15 is 0 Å². The van der Waals surface area contributed by atoms with Gasteiger partial charge in [-0.2, -0.15) is 0 Å². The topological polar surface area (TPSA) is 21.3 Å². The van der Waals surface area contributed by atoms with Gasteiger partial charge in [0.2, 0.25) is 0 Å². The average Bonchev–Trinajstić information content (AvgIpc) is 2.92. The third-order valence-corrected chi connectivity index (χ3v) is 4.98. The molecule has 2 unspecified atom stereocenters. The van der Waals surface area contributed by atoms with Crippen molar-refractivity contribution in [1.29, 1.82) is 0 Å². The fourth-order valence-corrected chi connectivity index (χ4v) is 3.89. The summed E-state index contributed by atoms with van der Waals surface area (Å²) in [6.45, 7) is 3.05. The molecule has 1 aromatic heterocycles. The number of thiophene rings is 1. The van der Waals surface area contributed by atoms with Crippen LogP contribution in [0.1, 0.15) is 29.8 Å². The van der Waals surface area contributed by atoms with E-state index in [9.17, 15) is 0 Å². The van der Waals surface area contributed by atoms with Crippen molar-refractivity contribution in [2.45, 2.75) is 31.8 Å². The molecule has 0 saturated heterocycles. The third kappa shape index (κ3) is 3.25. The van der Waals surface area contributed by atoms with E-state index < -0.39 is 0 Å². The van der Waals surface area contributed by atoms with Crippen molar-refractivity contribution >= 4 is 27.3 Å². The van der Waals surface area contributed by atoms with Gasteiger partial charge in [0, 0.05) is 33.4 Å². The predicted octanol–water partition coefficient (Wildman–Crippen LogP) is 4.56. The van der Waals surface area contributed by atoms with Gasteiger partial charge in [0.05, 0.1) is 6.61 Å². The van der Waals surface area contributed by atoms with E-state index in [1.54, 1.807) is 0 Å². The maximum absolute atomic E-state index is 5.74. The van der Waals surface area contributed by atoms with Gasteiger partial charge in [0.15, 0.2) is 0 Å². The Balaban J connectivity index is 1.71. The van der Waals surface area contributed by atoms with Crippen LogP contribution in [0.5, 0.6) is 5.75 Å². The van der Waals surface area contributed by atoms with Crippen LogP contribution in [-0.4, -0.2) is 12.6 Å². The van der Waals surface area contributed by atoms with Crippen LogP contribution in [0, 0.1) is 0 Å². The van der Waals surface area contributed by atoms with Crippen LogP contribution in [0.2, 0.25) is 0 Å². The first-order valence-corrected chi connectivity index (χ1v) is 8.60. The Morgan fingerprint density at radius 1 is 1.45 bits per heavy atom. The quantitative estimate of drug-likeness (QED) is 0.871. The van der Waals surface area contributed by atoms with E-state index in [4.69, 9.17) is 4.74 Å². The Labute approximate surface area is 132 Å². The van der Waals surface area contributed by atoms with Gasteiger partial charge in [-0.25, -0.2) is 0 Å². The number of halogens is 1. The average molecular weight is 352 g/mol. The largest absolute Gasteiger partial charge is 0.493 e. The van der Waals surface area contributed by atoms with E-state index in [2.05, 4.69) is 57.8 Å². The summed E-state index contributed by atoms with van der Waals surface area (Å²) in [4.78, 5) is 1.44. The highest BCUT2D eigenvalue weighted by atomic mass is 79.9. The fourth-order valence-electron chi connectivity index (χ4n) is 2.67. The van der Waals surface area contributed by atoms with Gasteiger partial charge in [0.25, 0.3) is 0 Å². The zero-order valence-electron chi connectivity index (χ0n) is 11.4. The molecular formula is C16H18BrNOS. The van der Waals surface area contributed by atoms with Crippen LogP contribution in [0.25, 0.3) is 0 Å². The molecule has 1 N–H and O–H groups in total. The first-order chi connectivity index (χ1) is 9.72. The van der Waals surface area contributed by atoms with E-state index in [1.807, 2.05) is 17.4 Å². The lowest BCUT2D eigenvalue weighted by Gasteiger charge is -2.29. The van der Waals surface area contributed by atoms with Crippen LogP contribution < -0.4 is 10.1 Å². The van der Waals surface area contributed by atoms with E-state index in [0.717, 1.165) is 29.7 Å². The summed E-state index contributed by atoms with van der Waals surface area (Å²) in [6.07, 6.45) is 2.11. The van der Waals surface area contributed by atoms with Gasteiger partial charge in [-0.3, -0.25) is 0 Å². The van der Waals surface area contributed by atoms with Crippen LogP contribution >= 0.6 is 27.3 Å². The number of benzene rings is 1. The molecule has 106 valence electrons. The Kier molecular flexibility index (Phi) is 4.44. The molecule has 4 heteroatoms. The number of nitrogens with one attached hydrogen (secondary N) is 1. The molecule has 0 amide bonds. The minimum absolute atomic E-state index is 0.381. The molecule has 2 atom stereocenters. The van der Waals surface area contributed by atoms with Crippen LogP contribution in [0.15, 0.2) is 40.2 Å². The molecule has 0 aliphatic carbocycles. The number of fused-ring (bicyclic) bond motifs is 1. The van der Waals surface area contributed by atoms with Crippen molar-refractivity contribution in [3.8, 4) is 5.75 Å². The summed E-state index contributed by atoms with van der Waals surface area (Å²) in [5.74, 6) is 1.01. The van der Waals surface area contributed by atoms with E-state index in [0.29, 0.717) is 12.1 Å². The maximum Gasteiger partial charge on any atom is 0.124 e. The van der Waals surface area contributed by atoms with Crippen LogP contribution in [0.3, 0.4) is 0 Å². The van der Waals surface area contributed by atoms with Crippen molar-refractivity contribution < 1.29 is 4.74 Å². The summed E-state index contributed by atoms with van der Waals surface area (Å²) < 4.78 is 6.85. The van der Waals surface area contributed by atoms with Crippen molar-refractivity contribution in [3.63, 3.8) is 0 Å². The summed E-state index contributed by atoms with van der Waals surface area (Å²) in [7, 11) is 0. The molecule has 0 saturated carbocycles. The molecule has 1 aliphatic heterocycles. The van der Waals surface area contributed by atoms with Gasteiger partial charge >= 0.3 is 0 Å². The summed E-state index contributed by atoms with van der Waals surface area (Å²) >= 11 is 5.38. The summed E-state index contributed by atoms with van der Waals surface area (Å²) in [6, 6.07) is 11.4. The maximum atomic E-state index is 5.74. The molecule has 20 heavy (non-hydrogen) atoms. The molecular weight excluding hydrogens is 334 g/mol. The number of ether oxygens (including phenoxy) is 1. The van der Waals surface area contributed by atoms with Crippen LogP contribution in [0.4, 0.5) is 0 Å². The number of hydrogen-bond donors (Lipinski definition) is 1. The number of rotatable bonds is 4. The molecule has 0 bridgehead atoms. The Morgan fingerprint density at radius 2 is 2.35 bits per heavy atom. The second-order valence-corrected chi connectivity index (χ2v) is 7.17. The normalized spacial score (nSPS) is 19.2. The molecule has 2 aromatic rings. The highest BCUT2D eigenvalue weighted by Gasteiger charge is 2.23. The van der Waals surface area contributed by atoms with Crippen molar-refractivity contribution in [2.24, 2.45) is 0 Å². The Morgan fingerprint density at radius 3 is 3.15 bits per heavy atom. The Hall–Kier alpha value is -0.840. The second kappa shape index (κ2) is 6.29. The number of hydrogen-bond acceptors (Lipinski definition) is 3. The molecule has 0 radical (unpaired) electrons. The van der Waals surface area contributed by atoms with Gasteiger partial charge < -0.3 is 10.1 Å². The summed E-state index contributed by atoms with van der Waals surface area (Å²) in [5, 5.41) is 5.89. The predicted molar refractivity (Wildman–Crippen MR) is 87.6 cm³/mol. The minimum atomic E-state index is 0.381. The smallest absolute Gasteiger partial charge is 0.124 e. The standard InChI is InChI=1S/C16H18BrNOS/c1-11(9-13-3-2-8-20-13)18-15-6-7-19-16-5-4-12(17)10-14(15)16/h2-5,8,10-11,15,18H,6-7,9H2,1H3. The SMILES string of the molecule is CC(Cc1cccs1)NC1CCOc2ccc(Br)cc21. The molecule has 2 heterocycles. The van der Waals surface area contributed by atoms with Crippen molar-refractivity contribution in [3.05, 3.63) is 50.6 Å². The highest BCUT2D eigenvalue weighted by molar-refractivity contribution is 9.10. The van der Waals surface area contributed by atoms with E-state index in [1.165, 1.54) is 10.4 Å². The highest BCUT2D eigenvalue weighted by Crippen LogP contribution is 2.34. The molecule has 2 nitrogen and oxygen atoms in total. The third-order valence-electron chi connectivity index (χ3n) is 3.58. The lowest BCUT2D eigenvalue weighted by Crippen LogP contribution is -2.34. The molecule has 0 spiro atoms. The fraction of sp³-hybridized carbons (Fsp3) is 0.375. The lowest BCUT2D eigenvalue weighted by atomic mass is 9.99. The molecule has 1 aromatic carbocycles. The zero-order chi connectivity index (χ0) is 13.9. The first-order valence-electron chi connectivity index (χ1n) is 6.93. The summed E-state index contributed by atoms with van der Waals surface area (Å²) in [5.41, 5.74) is 1.27. The first kappa shape index (κ1) is 14.1. The lowest BCUT2D eigenvalue weighted by molar-refractivity contribution is 0.245. The minimum Gasteiger partial charge on any atom is -0.493 e. The van der Waals surface area contributed by atoms with Gasteiger partial charge in [0.1, 0.15) is 5.75 Å². The Bertz CT molecular complexity index is 570. The second-order valence-electron chi connectivity index (χ2n) is 5.22. The monoisotopic (exact) mass is 351 g/mol. The molecule has 3 rings (SSSR count). The van der Waals surface area contributed by atoms with Crippen LogP contribution in [-0.2, 0) is 6.42 Å². The van der Waals surface area contributed by atoms with Gasteiger partial charge in [-0.05, 0) is 43.0 Å². The van der Waals surface area contributed by atoms with Crippen molar-refractivity contribution in [2.75, 3.05) is 6.61 Å². The zero-order valence-corrected chi connectivity index (χ0v) is 13.8. The van der Waals surface area contributed by atoms with E-state index in [-0.39, 0.29) is 0 Å². The molecule has 0 fully saturated rings. The van der Waals surface area contributed by atoms with Crippen molar-refractivity contribution in [1.82, 2.24) is 5.32 Å². The van der Waals surface area contributed by atoms with Gasteiger partial charge in [-0.15, -0.1) is 11.3 Å². The molecule has 1 aliphatic rings.